The maximum absolute atomic E-state index is 14.5. The minimum atomic E-state index is -1.35. The molecule has 0 bridgehead atoms. The van der Waals surface area contributed by atoms with Crippen molar-refractivity contribution in [2.24, 2.45) is 29.2 Å². The van der Waals surface area contributed by atoms with Crippen LogP contribution in [0.4, 0.5) is 0 Å². The number of fused-ring (bicyclic) bond motifs is 2. The lowest BCUT2D eigenvalue weighted by molar-refractivity contribution is -0.144. The van der Waals surface area contributed by atoms with Gasteiger partial charge in [-0.25, -0.2) is 0 Å². The van der Waals surface area contributed by atoms with Gasteiger partial charge in [0.05, 0.1) is 17.9 Å². The number of carbonyl (C=O) groups excluding carboxylic acids is 6. The Morgan fingerprint density at radius 2 is 1.12 bits per heavy atom. The standard InChI is InChI=1S/C51H59N7O7/c1-58(57-51(65)36(26-38-31-54-42-21-10-8-19-40(38)42)29-47(61)46(60)25-34-16-6-3-7-17-34)48(62)30-37(27-39-32-55-43-22-11-9-20-41(39)43)50(64)56-44(24-33-14-4-2-5-15-33)45(59)28-35(49(53)63)18-12-13-23-52/h2-11,14-17,19-22,31-32,35-37,44,46,54-55,60H,12-13,18,23-30,52H2,1H3,(H2,53,63)(H,56,64)(H,57,65)/t35-,36+,37-,44-,46+/m1/s1. The number of aromatic amines is 2. The third-order valence-electron chi connectivity index (χ3n) is 12.0. The minimum Gasteiger partial charge on any atom is -0.385 e. The van der Waals surface area contributed by atoms with Crippen molar-refractivity contribution in [2.75, 3.05) is 13.6 Å². The number of nitrogens with one attached hydrogen (secondary N) is 4. The fourth-order valence-corrected chi connectivity index (χ4v) is 8.29. The van der Waals surface area contributed by atoms with Gasteiger partial charge in [0.1, 0.15) is 6.10 Å². The van der Waals surface area contributed by atoms with E-state index in [0.717, 1.165) is 49.1 Å². The largest absolute Gasteiger partial charge is 0.385 e. The molecule has 0 aliphatic rings. The maximum atomic E-state index is 14.5. The average Bonchev–Trinajstić information content (AvgIpc) is 3.92. The number of hydrogen-bond acceptors (Lipinski definition) is 8. The molecule has 340 valence electrons. The first-order chi connectivity index (χ1) is 31.4. The predicted octanol–water partition coefficient (Wildman–Crippen LogP) is 5.03. The Morgan fingerprint density at radius 3 is 1.68 bits per heavy atom. The minimum absolute atomic E-state index is 0.0810. The first-order valence-corrected chi connectivity index (χ1v) is 22.2. The lowest BCUT2D eigenvalue weighted by atomic mass is 9.89. The van der Waals surface area contributed by atoms with Crippen LogP contribution in [0.1, 0.15) is 60.8 Å². The van der Waals surface area contributed by atoms with Crippen molar-refractivity contribution in [2.45, 2.75) is 76.4 Å². The molecule has 0 saturated heterocycles. The van der Waals surface area contributed by atoms with Gasteiger partial charge in [0.15, 0.2) is 11.6 Å². The molecule has 0 radical (unpaired) electrons. The van der Waals surface area contributed by atoms with Crippen LogP contribution in [0, 0.1) is 17.8 Å². The molecule has 14 nitrogen and oxygen atoms in total. The predicted molar refractivity (Wildman–Crippen MR) is 250 cm³/mol. The molecule has 5 atom stereocenters. The van der Waals surface area contributed by atoms with Crippen molar-refractivity contribution in [3.05, 3.63) is 144 Å². The van der Waals surface area contributed by atoms with E-state index in [-0.39, 0.29) is 50.7 Å². The molecular formula is C51H59N7O7. The number of para-hydroxylation sites is 2. The van der Waals surface area contributed by atoms with Crippen molar-refractivity contribution in [3.63, 3.8) is 0 Å². The van der Waals surface area contributed by atoms with Crippen molar-refractivity contribution in [1.82, 2.24) is 25.7 Å². The lowest BCUT2D eigenvalue weighted by Gasteiger charge is -2.26. The van der Waals surface area contributed by atoms with Crippen LogP contribution in [0.25, 0.3) is 21.8 Å². The normalized spacial score (nSPS) is 13.6. The van der Waals surface area contributed by atoms with Gasteiger partial charge in [-0.15, -0.1) is 0 Å². The highest BCUT2D eigenvalue weighted by Gasteiger charge is 2.33. The lowest BCUT2D eigenvalue weighted by Crippen LogP contribution is -2.49. The molecule has 0 aliphatic heterocycles. The van der Waals surface area contributed by atoms with Crippen LogP contribution in [0.3, 0.4) is 0 Å². The summed E-state index contributed by atoms with van der Waals surface area (Å²) >= 11 is 0. The molecule has 0 unspecified atom stereocenters. The molecule has 4 aromatic carbocycles. The fourth-order valence-electron chi connectivity index (χ4n) is 8.29. The number of amides is 4. The van der Waals surface area contributed by atoms with Crippen LogP contribution in [0.5, 0.6) is 0 Å². The summed E-state index contributed by atoms with van der Waals surface area (Å²) in [6.07, 6.45) is 3.50. The van der Waals surface area contributed by atoms with Crippen molar-refractivity contribution in [3.8, 4) is 0 Å². The van der Waals surface area contributed by atoms with Gasteiger partial charge >= 0.3 is 0 Å². The fraction of sp³-hybridized carbons (Fsp3) is 0.333. The molecule has 4 amide bonds. The summed E-state index contributed by atoms with van der Waals surface area (Å²) in [4.78, 5) is 89.3. The number of rotatable bonds is 24. The van der Waals surface area contributed by atoms with E-state index in [9.17, 15) is 33.9 Å². The topological polar surface area (TPSA) is 234 Å². The van der Waals surface area contributed by atoms with Gasteiger partial charge in [-0.05, 0) is 73.0 Å². The van der Waals surface area contributed by atoms with Crippen molar-refractivity contribution in [1.29, 1.82) is 0 Å². The molecule has 65 heavy (non-hydrogen) atoms. The second-order valence-electron chi connectivity index (χ2n) is 16.8. The molecule has 0 spiro atoms. The zero-order valence-corrected chi connectivity index (χ0v) is 36.7. The number of carbonyl (C=O) groups is 6. The number of H-pyrrole nitrogens is 2. The number of aromatic nitrogens is 2. The van der Waals surface area contributed by atoms with E-state index in [1.54, 1.807) is 12.4 Å². The number of hydrazine groups is 1. The molecule has 0 aliphatic carbocycles. The molecule has 2 heterocycles. The number of aliphatic hydroxyl groups excluding tert-OH is 1. The van der Waals surface area contributed by atoms with Crippen molar-refractivity contribution < 1.29 is 33.9 Å². The third-order valence-corrected chi connectivity index (χ3v) is 12.0. The number of benzene rings is 4. The molecular weight excluding hydrogens is 823 g/mol. The quantitative estimate of drug-likeness (QED) is 0.0321. The zero-order valence-electron chi connectivity index (χ0n) is 36.7. The first-order valence-electron chi connectivity index (χ1n) is 22.2. The highest BCUT2D eigenvalue weighted by molar-refractivity contribution is 5.95. The number of aliphatic hydroxyl groups is 1. The van der Waals surface area contributed by atoms with Gasteiger partial charge in [-0.2, -0.15) is 0 Å². The summed E-state index contributed by atoms with van der Waals surface area (Å²) in [7, 11) is 1.38. The summed E-state index contributed by atoms with van der Waals surface area (Å²) in [5.41, 5.74) is 18.9. The van der Waals surface area contributed by atoms with Crippen molar-refractivity contribution >= 4 is 57.0 Å². The Bertz CT molecular complexity index is 2550. The monoisotopic (exact) mass is 881 g/mol. The number of nitrogens with two attached hydrogens (primary N) is 2. The van der Waals surface area contributed by atoms with E-state index in [1.165, 1.54) is 7.05 Å². The van der Waals surface area contributed by atoms with Crippen LogP contribution in [0.2, 0.25) is 0 Å². The van der Waals surface area contributed by atoms with Crippen LogP contribution < -0.4 is 22.2 Å². The van der Waals surface area contributed by atoms with E-state index in [2.05, 4.69) is 20.7 Å². The molecule has 0 fully saturated rings. The van der Waals surface area contributed by atoms with E-state index in [1.807, 2.05) is 109 Å². The molecule has 6 aromatic rings. The zero-order chi connectivity index (χ0) is 46.3. The molecule has 9 N–H and O–H groups in total. The smallest absolute Gasteiger partial charge is 0.242 e. The Kier molecular flexibility index (Phi) is 16.9. The first kappa shape index (κ1) is 47.6. The van der Waals surface area contributed by atoms with E-state index in [0.29, 0.717) is 25.8 Å². The molecule has 0 saturated carbocycles. The average molecular weight is 882 g/mol. The number of hydrogen-bond donors (Lipinski definition) is 7. The summed E-state index contributed by atoms with van der Waals surface area (Å²) in [6.45, 7) is 0.437. The van der Waals surface area contributed by atoms with Crippen LogP contribution in [-0.2, 0) is 54.5 Å². The summed E-state index contributed by atoms with van der Waals surface area (Å²) < 4.78 is 0. The van der Waals surface area contributed by atoms with Gasteiger partial charge in [-0.3, -0.25) is 39.2 Å². The van der Waals surface area contributed by atoms with Crippen LogP contribution in [0.15, 0.2) is 122 Å². The number of primary amides is 1. The summed E-state index contributed by atoms with van der Waals surface area (Å²) in [5.74, 6) is -6.01. The Morgan fingerprint density at radius 1 is 0.615 bits per heavy atom. The Balaban J connectivity index is 1.22. The molecule has 2 aromatic heterocycles. The number of Topliss-reactive ketones (excluding diaryl/α,β-unsaturated/α-hetero) is 2. The van der Waals surface area contributed by atoms with Gasteiger partial charge in [0, 0.05) is 72.8 Å². The number of nitrogens with zero attached hydrogens (tertiary/aromatic N) is 1. The van der Waals surface area contributed by atoms with Crippen LogP contribution in [-0.4, -0.2) is 81.0 Å². The van der Waals surface area contributed by atoms with E-state index >= 15 is 0 Å². The van der Waals surface area contributed by atoms with Crippen LogP contribution >= 0.6 is 0 Å². The number of ketones is 2. The third kappa shape index (κ3) is 13.3. The highest BCUT2D eigenvalue weighted by atomic mass is 16.3. The summed E-state index contributed by atoms with van der Waals surface area (Å²) in [6, 6.07) is 32.4. The molecule has 6 rings (SSSR count). The second-order valence-corrected chi connectivity index (χ2v) is 16.8. The number of unbranched alkanes of at least 4 members (excludes halogenated alkanes) is 1. The SMILES string of the molecule is CN(NC(=O)[C@H](CC(=O)[C@@H](O)Cc1ccccc1)Cc1c[nH]c2ccccc12)C(=O)C[C@@H](Cc1c[nH]c2ccccc12)C(=O)N[C@H](Cc1ccccc1)C(=O)C[C@@H](CCCCN)C(N)=O. The maximum Gasteiger partial charge on any atom is 0.242 e. The summed E-state index contributed by atoms with van der Waals surface area (Å²) in [5, 5.41) is 16.6. The Hall–Kier alpha value is -6.90. The van der Waals surface area contributed by atoms with Gasteiger partial charge in [0.2, 0.25) is 23.6 Å². The molecule has 14 heteroatoms. The van der Waals surface area contributed by atoms with Gasteiger partial charge in [-0.1, -0.05) is 103 Å². The van der Waals surface area contributed by atoms with Gasteiger partial charge in [0.25, 0.3) is 0 Å². The highest BCUT2D eigenvalue weighted by Crippen LogP contribution is 2.26. The van der Waals surface area contributed by atoms with E-state index in [4.69, 9.17) is 11.5 Å². The Labute approximate surface area is 378 Å². The second kappa shape index (κ2) is 23.2. The van der Waals surface area contributed by atoms with E-state index < -0.39 is 59.3 Å². The van der Waals surface area contributed by atoms with Gasteiger partial charge < -0.3 is 31.9 Å².